The molecule has 114 valence electrons. The van der Waals surface area contributed by atoms with Crippen LogP contribution in [0.15, 0.2) is 12.7 Å². The van der Waals surface area contributed by atoms with Crippen LogP contribution in [0.4, 0.5) is 0 Å². The van der Waals surface area contributed by atoms with Crippen LogP contribution in [0.1, 0.15) is 66.2 Å². The van der Waals surface area contributed by atoms with Crippen LogP contribution in [-0.4, -0.2) is 13.2 Å². The van der Waals surface area contributed by atoms with E-state index in [1.807, 2.05) is 7.11 Å². The summed E-state index contributed by atoms with van der Waals surface area (Å²) in [6.07, 6.45) is 10.5. The minimum Gasteiger partial charge on any atom is -0.381 e. The summed E-state index contributed by atoms with van der Waals surface area (Å²) in [5, 5.41) is 0. The summed E-state index contributed by atoms with van der Waals surface area (Å²) in [5.41, 5.74) is 1.66. The molecular formula is C19H32O. The van der Waals surface area contributed by atoms with Gasteiger partial charge in [0.2, 0.25) is 0 Å². The Balaban J connectivity index is 2.20. The minimum absolute atomic E-state index is 0.367. The van der Waals surface area contributed by atoms with E-state index >= 15 is 0 Å². The zero-order chi connectivity index (χ0) is 14.8. The van der Waals surface area contributed by atoms with Gasteiger partial charge in [-0.2, -0.15) is 0 Å². The highest BCUT2D eigenvalue weighted by Gasteiger charge is 2.77. The average molecular weight is 276 g/mol. The zero-order valence-electron chi connectivity index (χ0n) is 14.1. The predicted octanol–water partition coefficient (Wildman–Crippen LogP) is 5.21. The Hall–Kier alpha value is -0.300. The molecule has 20 heavy (non-hydrogen) atoms. The van der Waals surface area contributed by atoms with E-state index in [-0.39, 0.29) is 0 Å². The predicted molar refractivity (Wildman–Crippen MR) is 84.6 cm³/mol. The van der Waals surface area contributed by atoms with Crippen molar-refractivity contribution in [1.29, 1.82) is 0 Å². The van der Waals surface area contributed by atoms with E-state index in [2.05, 4.69) is 40.3 Å². The maximum Gasteiger partial charge on any atom is 0.0641 e. The molecular weight excluding hydrogens is 244 g/mol. The highest BCUT2D eigenvalue weighted by Crippen LogP contribution is 2.81. The van der Waals surface area contributed by atoms with Crippen LogP contribution in [0.2, 0.25) is 0 Å². The van der Waals surface area contributed by atoms with Crippen LogP contribution in [0.3, 0.4) is 0 Å². The smallest absolute Gasteiger partial charge is 0.0641 e. The minimum atomic E-state index is 0.367. The lowest BCUT2D eigenvalue weighted by Crippen LogP contribution is -2.51. The molecule has 1 unspecified atom stereocenters. The molecule has 3 saturated carbocycles. The first-order chi connectivity index (χ1) is 9.27. The van der Waals surface area contributed by atoms with Gasteiger partial charge in [-0.25, -0.2) is 0 Å². The van der Waals surface area contributed by atoms with E-state index in [0.29, 0.717) is 27.8 Å². The SMILES string of the molecule is C=CC[C@@]1(C)CC[C@@H]2C(C)(C)C[C@@]3(C)CC[C@@H](OC)C213. The Morgan fingerprint density at radius 3 is 2.45 bits per heavy atom. The molecule has 0 heterocycles. The van der Waals surface area contributed by atoms with Crippen molar-refractivity contribution in [3.05, 3.63) is 12.7 Å². The highest BCUT2D eigenvalue weighted by molar-refractivity contribution is 5.26. The van der Waals surface area contributed by atoms with Gasteiger partial charge in [-0.1, -0.05) is 33.8 Å². The molecule has 3 aliphatic rings. The maximum atomic E-state index is 6.10. The van der Waals surface area contributed by atoms with Crippen molar-refractivity contribution in [3.63, 3.8) is 0 Å². The summed E-state index contributed by atoms with van der Waals surface area (Å²) in [5.74, 6) is 0.817. The molecule has 0 N–H and O–H groups in total. The van der Waals surface area contributed by atoms with E-state index in [0.717, 1.165) is 12.3 Å². The van der Waals surface area contributed by atoms with E-state index < -0.39 is 0 Å². The van der Waals surface area contributed by atoms with Crippen LogP contribution < -0.4 is 0 Å². The molecule has 1 nitrogen and oxygen atoms in total. The van der Waals surface area contributed by atoms with Gasteiger partial charge in [0.15, 0.2) is 0 Å². The Kier molecular flexibility index (Phi) is 3.02. The van der Waals surface area contributed by atoms with Crippen LogP contribution in [-0.2, 0) is 4.74 Å². The second-order valence-corrected chi connectivity index (χ2v) is 9.00. The van der Waals surface area contributed by atoms with Gasteiger partial charge in [-0.3, -0.25) is 0 Å². The number of rotatable bonds is 3. The largest absolute Gasteiger partial charge is 0.381 e. The molecule has 5 atom stereocenters. The molecule has 3 rings (SSSR count). The van der Waals surface area contributed by atoms with Crippen molar-refractivity contribution >= 4 is 0 Å². The molecule has 0 amide bonds. The van der Waals surface area contributed by atoms with Gasteiger partial charge >= 0.3 is 0 Å². The molecule has 0 radical (unpaired) electrons. The third kappa shape index (κ3) is 1.39. The molecule has 0 aliphatic heterocycles. The fraction of sp³-hybridized carbons (Fsp3) is 0.895. The number of hydrogen-bond acceptors (Lipinski definition) is 1. The number of ether oxygens (including phenoxy) is 1. The number of hydrogen-bond donors (Lipinski definition) is 0. The van der Waals surface area contributed by atoms with E-state index in [4.69, 9.17) is 4.74 Å². The Bertz CT molecular complexity index is 425. The van der Waals surface area contributed by atoms with Gasteiger partial charge in [0, 0.05) is 12.5 Å². The quantitative estimate of drug-likeness (QED) is 0.643. The zero-order valence-corrected chi connectivity index (χ0v) is 14.1. The van der Waals surface area contributed by atoms with Gasteiger partial charge in [-0.05, 0) is 60.7 Å². The first-order valence-electron chi connectivity index (χ1n) is 8.41. The Morgan fingerprint density at radius 1 is 1.15 bits per heavy atom. The summed E-state index contributed by atoms with van der Waals surface area (Å²) < 4.78 is 6.10. The molecule has 0 bridgehead atoms. The van der Waals surface area contributed by atoms with Crippen LogP contribution in [0.25, 0.3) is 0 Å². The molecule has 0 aromatic heterocycles. The normalized spacial score (nSPS) is 52.9. The summed E-state index contributed by atoms with van der Waals surface area (Å²) in [7, 11) is 1.94. The lowest BCUT2D eigenvalue weighted by atomic mass is 9.53. The van der Waals surface area contributed by atoms with Crippen molar-refractivity contribution in [2.45, 2.75) is 72.3 Å². The maximum absolute atomic E-state index is 6.10. The van der Waals surface area contributed by atoms with Crippen LogP contribution >= 0.6 is 0 Å². The summed E-state index contributed by atoms with van der Waals surface area (Å²) in [4.78, 5) is 0. The third-order valence-electron chi connectivity index (χ3n) is 7.67. The summed E-state index contributed by atoms with van der Waals surface area (Å²) in [6, 6.07) is 0. The van der Waals surface area contributed by atoms with Crippen LogP contribution in [0, 0.1) is 27.6 Å². The first kappa shape index (κ1) is 14.6. The van der Waals surface area contributed by atoms with Crippen molar-refractivity contribution in [3.8, 4) is 0 Å². The average Bonchev–Trinajstić information content (AvgIpc) is 2.85. The molecule has 0 aromatic rings. The van der Waals surface area contributed by atoms with E-state index in [1.54, 1.807) is 0 Å². The Labute approximate surface area is 125 Å². The molecule has 3 fully saturated rings. The van der Waals surface area contributed by atoms with E-state index in [1.165, 1.54) is 32.1 Å². The second-order valence-electron chi connectivity index (χ2n) is 9.00. The summed E-state index contributed by atoms with van der Waals surface area (Å²) in [6.45, 7) is 14.2. The highest BCUT2D eigenvalue weighted by atomic mass is 16.5. The third-order valence-corrected chi connectivity index (χ3v) is 7.67. The molecule has 1 spiro atoms. The van der Waals surface area contributed by atoms with Crippen molar-refractivity contribution in [2.24, 2.45) is 27.6 Å². The topological polar surface area (TPSA) is 9.23 Å². The van der Waals surface area contributed by atoms with Gasteiger partial charge in [-0.15, -0.1) is 6.58 Å². The van der Waals surface area contributed by atoms with Crippen molar-refractivity contribution < 1.29 is 4.74 Å². The number of methoxy groups -OCH3 is 1. The standard InChI is InChI=1S/C19H32O/c1-7-10-17(4)11-8-14-16(2,3)13-18(5)12-9-15(20-6)19(14,17)18/h7,14-15H,1,8-13H2,2-6H3/t14-,15-,17+,18-,19?/m1/s1. The summed E-state index contributed by atoms with van der Waals surface area (Å²) >= 11 is 0. The van der Waals surface area contributed by atoms with Gasteiger partial charge in [0.25, 0.3) is 0 Å². The number of allylic oxidation sites excluding steroid dienone is 1. The molecule has 0 saturated heterocycles. The fourth-order valence-corrected chi connectivity index (χ4v) is 7.62. The molecule has 0 aromatic carbocycles. The lowest BCUT2D eigenvalue weighted by molar-refractivity contribution is -0.115. The van der Waals surface area contributed by atoms with Crippen molar-refractivity contribution in [1.82, 2.24) is 0 Å². The first-order valence-corrected chi connectivity index (χ1v) is 8.41. The molecule has 1 heteroatoms. The molecule has 3 aliphatic carbocycles. The van der Waals surface area contributed by atoms with Crippen LogP contribution in [0.5, 0.6) is 0 Å². The van der Waals surface area contributed by atoms with E-state index in [9.17, 15) is 0 Å². The second kappa shape index (κ2) is 4.12. The Morgan fingerprint density at radius 2 is 1.85 bits per heavy atom. The fourth-order valence-electron chi connectivity index (χ4n) is 7.62. The van der Waals surface area contributed by atoms with Gasteiger partial charge in [0.05, 0.1) is 6.10 Å². The van der Waals surface area contributed by atoms with Gasteiger partial charge in [0.1, 0.15) is 0 Å². The monoisotopic (exact) mass is 276 g/mol. The van der Waals surface area contributed by atoms with Crippen molar-refractivity contribution in [2.75, 3.05) is 7.11 Å². The lowest BCUT2D eigenvalue weighted by Gasteiger charge is -2.53. The van der Waals surface area contributed by atoms with Gasteiger partial charge < -0.3 is 4.74 Å².